The minimum atomic E-state index is -0.469. The van der Waals surface area contributed by atoms with Gasteiger partial charge in [0.1, 0.15) is 34.7 Å². The van der Waals surface area contributed by atoms with Gasteiger partial charge in [0.15, 0.2) is 5.78 Å². The number of allylic oxidation sites excluding steroid dienone is 2. The van der Waals surface area contributed by atoms with Crippen LogP contribution in [0.1, 0.15) is 47.9 Å². The SMILES string of the molecule is COc1ccc(C2CC(=O)c3c(cc(O)c(CC=C(C)C)c3O)O2)cc1. The number of benzene rings is 2. The highest BCUT2D eigenvalue weighted by Crippen LogP contribution is 2.44. The zero-order valence-corrected chi connectivity index (χ0v) is 15.1. The second kappa shape index (κ2) is 7.12. The molecule has 0 radical (unpaired) electrons. The van der Waals surface area contributed by atoms with Gasteiger partial charge in [-0.1, -0.05) is 23.8 Å². The van der Waals surface area contributed by atoms with Gasteiger partial charge in [-0.05, 0) is 38.0 Å². The zero-order valence-electron chi connectivity index (χ0n) is 15.1. The normalized spacial score (nSPS) is 15.8. The fraction of sp³-hybridized carbons (Fsp3) is 0.286. The van der Waals surface area contributed by atoms with Crippen molar-refractivity contribution >= 4 is 5.78 Å². The molecule has 0 amide bonds. The molecule has 1 aliphatic heterocycles. The number of hydrogen-bond donors (Lipinski definition) is 2. The van der Waals surface area contributed by atoms with E-state index in [0.29, 0.717) is 12.0 Å². The van der Waals surface area contributed by atoms with Gasteiger partial charge in [0.05, 0.1) is 13.5 Å². The standard InChI is InChI=1S/C21H22O5/c1-12(2)4-9-15-16(22)10-19-20(21(15)24)17(23)11-18(26-19)13-5-7-14(25-3)8-6-13/h4-8,10,18,22,24H,9,11H2,1-3H3. The Balaban J connectivity index is 1.95. The van der Waals surface area contributed by atoms with E-state index in [1.54, 1.807) is 19.2 Å². The summed E-state index contributed by atoms with van der Waals surface area (Å²) >= 11 is 0. The van der Waals surface area contributed by atoms with Gasteiger partial charge in [-0.2, -0.15) is 0 Å². The summed E-state index contributed by atoms with van der Waals surface area (Å²) in [6, 6.07) is 8.69. The Bertz CT molecular complexity index is 861. The van der Waals surface area contributed by atoms with Crippen molar-refractivity contribution in [3.63, 3.8) is 0 Å². The lowest BCUT2D eigenvalue weighted by molar-refractivity contribution is 0.0844. The number of Topliss-reactive ketones (excluding diaryl/α,β-unsaturated/α-hetero) is 1. The first kappa shape index (κ1) is 17.9. The molecule has 0 fully saturated rings. The second-order valence-corrected chi connectivity index (χ2v) is 6.59. The van der Waals surface area contributed by atoms with Gasteiger partial charge in [-0.3, -0.25) is 4.79 Å². The van der Waals surface area contributed by atoms with Crippen LogP contribution in [0.5, 0.6) is 23.0 Å². The Kier molecular flexibility index (Phi) is 4.89. The zero-order chi connectivity index (χ0) is 18.8. The molecule has 1 unspecified atom stereocenters. The van der Waals surface area contributed by atoms with Crippen molar-refractivity contribution < 1.29 is 24.5 Å². The van der Waals surface area contributed by atoms with Gasteiger partial charge in [0.2, 0.25) is 0 Å². The Morgan fingerprint density at radius 1 is 1.27 bits per heavy atom. The summed E-state index contributed by atoms with van der Waals surface area (Å²) in [4.78, 5) is 12.7. The number of ether oxygens (including phenoxy) is 2. The van der Waals surface area contributed by atoms with E-state index in [1.165, 1.54) is 6.07 Å². The number of phenols is 2. The number of rotatable bonds is 4. The summed E-state index contributed by atoms with van der Waals surface area (Å²) in [5.41, 5.74) is 2.37. The van der Waals surface area contributed by atoms with Crippen molar-refractivity contribution in [2.75, 3.05) is 7.11 Å². The summed E-state index contributed by atoms with van der Waals surface area (Å²) in [5, 5.41) is 20.8. The molecule has 1 aliphatic rings. The van der Waals surface area contributed by atoms with E-state index < -0.39 is 6.10 Å². The molecule has 2 aromatic carbocycles. The summed E-state index contributed by atoms with van der Waals surface area (Å²) in [7, 11) is 1.59. The number of fused-ring (bicyclic) bond motifs is 1. The van der Waals surface area contributed by atoms with E-state index >= 15 is 0 Å². The molecule has 26 heavy (non-hydrogen) atoms. The Morgan fingerprint density at radius 2 is 1.96 bits per heavy atom. The van der Waals surface area contributed by atoms with Gasteiger partial charge < -0.3 is 19.7 Å². The molecular formula is C21H22O5. The molecular weight excluding hydrogens is 332 g/mol. The first-order valence-electron chi connectivity index (χ1n) is 8.45. The lowest BCUT2D eigenvalue weighted by atomic mass is 9.93. The van der Waals surface area contributed by atoms with Crippen LogP contribution >= 0.6 is 0 Å². The number of carbonyl (C=O) groups excluding carboxylic acids is 1. The van der Waals surface area contributed by atoms with Crippen molar-refractivity contribution in [1.82, 2.24) is 0 Å². The van der Waals surface area contributed by atoms with Crippen LogP contribution in [0, 0.1) is 0 Å². The number of hydrogen-bond acceptors (Lipinski definition) is 5. The molecule has 2 aromatic rings. The molecule has 5 heteroatoms. The van der Waals surface area contributed by atoms with Crippen LogP contribution in [0.15, 0.2) is 42.0 Å². The van der Waals surface area contributed by atoms with Crippen LogP contribution in [-0.2, 0) is 6.42 Å². The lowest BCUT2D eigenvalue weighted by Crippen LogP contribution is -2.21. The highest BCUT2D eigenvalue weighted by Gasteiger charge is 2.32. The molecule has 0 aliphatic carbocycles. The number of ketones is 1. The smallest absolute Gasteiger partial charge is 0.174 e. The molecule has 0 spiro atoms. The molecule has 1 heterocycles. The monoisotopic (exact) mass is 354 g/mol. The van der Waals surface area contributed by atoms with E-state index in [2.05, 4.69) is 0 Å². The lowest BCUT2D eigenvalue weighted by Gasteiger charge is -2.27. The number of aromatic hydroxyl groups is 2. The van der Waals surface area contributed by atoms with Crippen LogP contribution in [0.2, 0.25) is 0 Å². The van der Waals surface area contributed by atoms with E-state index in [-0.39, 0.29) is 35.0 Å². The maximum Gasteiger partial charge on any atom is 0.174 e. The third-order valence-electron chi connectivity index (χ3n) is 4.47. The van der Waals surface area contributed by atoms with Gasteiger partial charge in [-0.15, -0.1) is 0 Å². The molecule has 0 aromatic heterocycles. The van der Waals surface area contributed by atoms with E-state index in [1.807, 2.05) is 32.1 Å². The third kappa shape index (κ3) is 3.38. The highest BCUT2D eigenvalue weighted by molar-refractivity contribution is 6.03. The predicted molar refractivity (Wildman–Crippen MR) is 98.2 cm³/mol. The Hall–Kier alpha value is -2.95. The first-order valence-corrected chi connectivity index (χ1v) is 8.45. The fourth-order valence-electron chi connectivity index (χ4n) is 3.01. The van der Waals surface area contributed by atoms with Crippen LogP contribution < -0.4 is 9.47 Å². The topological polar surface area (TPSA) is 76.0 Å². The van der Waals surface area contributed by atoms with Crippen LogP contribution in [-0.4, -0.2) is 23.1 Å². The van der Waals surface area contributed by atoms with Crippen LogP contribution in [0.25, 0.3) is 0 Å². The van der Waals surface area contributed by atoms with Crippen LogP contribution in [0.3, 0.4) is 0 Å². The largest absolute Gasteiger partial charge is 0.507 e. The van der Waals surface area contributed by atoms with Crippen molar-refractivity contribution in [3.05, 3.63) is 58.7 Å². The van der Waals surface area contributed by atoms with Crippen molar-refractivity contribution in [2.45, 2.75) is 32.8 Å². The maximum atomic E-state index is 12.7. The highest BCUT2D eigenvalue weighted by atomic mass is 16.5. The summed E-state index contributed by atoms with van der Waals surface area (Å²) in [6.45, 7) is 3.86. The minimum absolute atomic E-state index is 0.0815. The third-order valence-corrected chi connectivity index (χ3v) is 4.47. The van der Waals surface area contributed by atoms with E-state index in [9.17, 15) is 15.0 Å². The molecule has 5 nitrogen and oxygen atoms in total. The molecule has 0 saturated heterocycles. The van der Waals surface area contributed by atoms with Gasteiger partial charge in [-0.25, -0.2) is 0 Å². The van der Waals surface area contributed by atoms with Gasteiger partial charge in [0.25, 0.3) is 0 Å². The Morgan fingerprint density at radius 3 is 2.58 bits per heavy atom. The van der Waals surface area contributed by atoms with E-state index in [0.717, 1.165) is 16.9 Å². The van der Waals surface area contributed by atoms with Gasteiger partial charge in [0, 0.05) is 11.6 Å². The van der Waals surface area contributed by atoms with Crippen molar-refractivity contribution in [1.29, 1.82) is 0 Å². The molecule has 0 bridgehead atoms. The molecule has 2 N–H and O–H groups in total. The Labute approximate surface area is 152 Å². The van der Waals surface area contributed by atoms with Crippen LogP contribution in [0.4, 0.5) is 0 Å². The first-order chi connectivity index (χ1) is 12.4. The summed E-state index contributed by atoms with van der Waals surface area (Å²) in [5.74, 6) is 0.439. The molecule has 136 valence electrons. The quantitative estimate of drug-likeness (QED) is 0.800. The second-order valence-electron chi connectivity index (χ2n) is 6.59. The summed E-state index contributed by atoms with van der Waals surface area (Å²) in [6.07, 6.45) is 1.89. The number of phenolic OH excluding ortho intramolecular Hbond substituents is 2. The minimum Gasteiger partial charge on any atom is -0.507 e. The summed E-state index contributed by atoms with van der Waals surface area (Å²) < 4.78 is 11.0. The predicted octanol–water partition coefficient (Wildman–Crippen LogP) is 4.32. The maximum absolute atomic E-state index is 12.7. The fourth-order valence-corrected chi connectivity index (χ4v) is 3.01. The van der Waals surface area contributed by atoms with Crippen molar-refractivity contribution in [3.8, 4) is 23.0 Å². The average Bonchev–Trinajstić information content (AvgIpc) is 2.60. The molecule has 0 saturated carbocycles. The van der Waals surface area contributed by atoms with E-state index in [4.69, 9.17) is 9.47 Å². The number of carbonyl (C=O) groups is 1. The number of methoxy groups -OCH3 is 1. The molecule has 3 rings (SSSR count). The molecule has 1 atom stereocenters. The average molecular weight is 354 g/mol. The van der Waals surface area contributed by atoms with Crippen molar-refractivity contribution in [2.24, 2.45) is 0 Å². The van der Waals surface area contributed by atoms with Gasteiger partial charge >= 0.3 is 0 Å².